The van der Waals surface area contributed by atoms with Gasteiger partial charge < -0.3 is 9.47 Å². The number of ether oxygens (including phenoxy) is 2. The fraction of sp³-hybridized carbons (Fsp3) is 0.964. The number of carbonyl (C=O) groups is 2. The Morgan fingerprint density at radius 2 is 0.517 bits per heavy atom. The molecule has 0 amide bonds. The van der Waals surface area contributed by atoms with Gasteiger partial charge in [-0.25, -0.2) is 0 Å². The Labute approximate surface area is 377 Å². The van der Waals surface area contributed by atoms with Crippen LogP contribution in [-0.2, 0) is 19.1 Å². The molecular formula is C56H110O4. The van der Waals surface area contributed by atoms with E-state index in [-0.39, 0.29) is 18.0 Å². The smallest absolute Gasteiger partial charge is 0.306 e. The quantitative estimate of drug-likeness (QED) is 0.0452. The predicted octanol–water partition coefficient (Wildman–Crippen LogP) is 19.6. The molecule has 0 saturated carbocycles. The summed E-state index contributed by atoms with van der Waals surface area (Å²) in [6.45, 7) is 7.46. The molecule has 0 saturated heterocycles. The average Bonchev–Trinajstić information content (AvgIpc) is 3.25. The maximum Gasteiger partial charge on any atom is 0.306 e. The molecule has 60 heavy (non-hydrogen) atoms. The lowest BCUT2D eigenvalue weighted by Crippen LogP contribution is -2.18. The second kappa shape index (κ2) is 52.3. The van der Waals surface area contributed by atoms with Crippen molar-refractivity contribution < 1.29 is 19.1 Å². The summed E-state index contributed by atoms with van der Waals surface area (Å²) in [4.78, 5) is 24.9. The van der Waals surface area contributed by atoms with Crippen molar-refractivity contribution in [2.45, 2.75) is 341 Å². The van der Waals surface area contributed by atoms with Gasteiger partial charge in [-0.05, 0) is 44.9 Å². The van der Waals surface area contributed by atoms with E-state index in [1.165, 1.54) is 263 Å². The highest BCUT2D eigenvalue weighted by Gasteiger charge is 2.14. The van der Waals surface area contributed by atoms with Crippen LogP contribution in [0.15, 0.2) is 0 Å². The lowest BCUT2D eigenvalue weighted by atomic mass is 10.0. The summed E-state index contributed by atoms with van der Waals surface area (Å²) < 4.78 is 11.6. The van der Waals surface area contributed by atoms with Crippen molar-refractivity contribution in [2.75, 3.05) is 6.61 Å². The Hall–Kier alpha value is -1.06. The number of hydrogen-bond donors (Lipinski definition) is 0. The molecule has 0 heterocycles. The second-order valence-corrected chi connectivity index (χ2v) is 19.3. The lowest BCUT2D eigenvalue weighted by Gasteiger charge is -2.18. The molecule has 0 aliphatic carbocycles. The first kappa shape index (κ1) is 58.9. The zero-order valence-corrected chi connectivity index (χ0v) is 41.6. The Balaban J connectivity index is 3.77. The minimum atomic E-state index is 0.00823. The highest BCUT2D eigenvalue weighted by molar-refractivity contribution is 5.69. The standard InChI is InChI=1S/C56H110O4/c1-4-7-10-13-16-18-20-22-24-26-28-32-36-41-46-51-55(57)59-53-48-43-38-34-30-31-35-40-45-50-54(49-44-39-15-12-9-6-3)60-56(58)52-47-42-37-33-29-27-25-23-21-19-17-14-11-8-5-2/h54H,4-53H2,1-3H3. The molecule has 1 atom stereocenters. The summed E-state index contributed by atoms with van der Waals surface area (Å²) in [5, 5.41) is 0. The van der Waals surface area contributed by atoms with Crippen molar-refractivity contribution >= 4 is 11.9 Å². The molecule has 0 rings (SSSR count). The van der Waals surface area contributed by atoms with Gasteiger partial charge in [-0.2, -0.15) is 0 Å². The maximum absolute atomic E-state index is 12.8. The first-order valence-electron chi connectivity index (χ1n) is 28.0. The zero-order valence-electron chi connectivity index (χ0n) is 41.6. The predicted molar refractivity (Wildman–Crippen MR) is 264 cm³/mol. The van der Waals surface area contributed by atoms with Gasteiger partial charge in [-0.3, -0.25) is 9.59 Å². The Bertz CT molecular complexity index is 826. The topological polar surface area (TPSA) is 52.6 Å². The van der Waals surface area contributed by atoms with E-state index in [1.807, 2.05) is 0 Å². The molecule has 0 N–H and O–H groups in total. The van der Waals surface area contributed by atoms with Crippen LogP contribution < -0.4 is 0 Å². The molecule has 4 nitrogen and oxygen atoms in total. The third-order valence-corrected chi connectivity index (χ3v) is 13.1. The van der Waals surface area contributed by atoms with E-state index in [0.717, 1.165) is 38.5 Å². The molecule has 0 aliphatic rings. The second-order valence-electron chi connectivity index (χ2n) is 19.3. The van der Waals surface area contributed by atoms with Gasteiger partial charge in [-0.1, -0.05) is 278 Å². The average molecular weight is 847 g/mol. The highest BCUT2D eigenvalue weighted by Crippen LogP contribution is 2.20. The molecule has 0 aromatic heterocycles. The van der Waals surface area contributed by atoms with Crippen LogP contribution in [0.2, 0.25) is 0 Å². The van der Waals surface area contributed by atoms with E-state index in [1.54, 1.807) is 0 Å². The van der Waals surface area contributed by atoms with Crippen molar-refractivity contribution in [1.82, 2.24) is 0 Å². The van der Waals surface area contributed by atoms with Gasteiger partial charge in [0.1, 0.15) is 6.10 Å². The number of hydrogen-bond acceptors (Lipinski definition) is 4. The summed E-state index contributed by atoms with van der Waals surface area (Å²) in [5.41, 5.74) is 0. The SMILES string of the molecule is CCCCCCCCCCCCCCCCCC(=O)OCCCCCCCCCCCC(CCCCCCCC)OC(=O)CCCCCCCCCCCCCCCCC. The van der Waals surface area contributed by atoms with E-state index >= 15 is 0 Å². The summed E-state index contributed by atoms with van der Waals surface area (Å²) in [5.74, 6) is 0.0598. The molecule has 358 valence electrons. The van der Waals surface area contributed by atoms with Crippen molar-refractivity contribution in [3.63, 3.8) is 0 Å². The summed E-state index contributed by atoms with van der Waals surface area (Å²) in [7, 11) is 0. The Kier molecular flexibility index (Phi) is 51.4. The maximum atomic E-state index is 12.8. The van der Waals surface area contributed by atoms with Gasteiger partial charge in [0.15, 0.2) is 0 Å². The van der Waals surface area contributed by atoms with E-state index in [4.69, 9.17) is 9.47 Å². The molecule has 4 heteroatoms. The number of carbonyl (C=O) groups excluding carboxylic acids is 2. The molecule has 0 aromatic carbocycles. The van der Waals surface area contributed by atoms with Crippen LogP contribution in [-0.4, -0.2) is 24.6 Å². The fourth-order valence-electron chi connectivity index (χ4n) is 8.91. The van der Waals surface area contributed by atoms with Crippen LogP contribution in [0.1, 0.15) is 335 Å². The number of unbranched alkanes of at least 4 members (excludes halogenated alkanes) is 41. The van der Waals surface area contributed by atoms with Gasteiger partial charge in [-0.15, -0.1) is 0 Å². The van der Waals surface area contributed by atoms with E-state index < -0.39 is 0 Å². The zero-order chi connectivity index (χ0) is 43.5. The molecule has 0 aromatic rings. The van der Waals surface area contributed by atoms with Crippen LogP contribution >= 0.6 is 0 Å². The molecular weight excluding hydrogens is 737 g/mol. The number of esters is 2. The van der Waals surface area contributed by atoms with E-state index in [9.17, 15) is 9.59 Å². The third kappa shape index (κ3) is 49.6. The van der Waals surface area contributed by atoms with E-state index in [2.05, 4.69) is 20.8 Å². The van der Waals surface area contributed by atoms with Gasteiger partial charge in [0, 0.05) is 12.8 Å². The molecule has 0 spiro atoms. The van der Waals surface area contributed by atoms with Crippen LogP contribution in [0.3, 0.4) is 0 Å². The molecule has 0 radical (unpaired) electrons. The third-order valence-electron chi connectivity index (χ3n) is 13.1. The normalized spacial score (nSPS) is 12.0. The largest absolute Gasteiger partial charge is 0.466 e. The summed E-state index contributed by atoms with van der Waals surface area (Å²) in [6.07, 6.45) is 62.6. The van der Waals surface area contributed by atoms with Crippen molar-refractivity contribution in [1.29, 1.82) is 0 Å². The molecule has 0 fully saturated rings. The fourth-order valence-corrected chi connectivity index (χ4v) is 8.91. The first-order valence-corrected chi connectivity index (χ1v) is 28.0. The van der Waals surface area contributed by atoms with Crippen molar-refractivity contribution in [3.05, 3.63) is 0 Å². The van der Waals surface area contributed by atoms with Crippen LogP contribution in [0.5, 0.6) is 0 Å². The minimum Gasteiger partial charge on any atom is -0.466 e. The van der Waals surface area contributed by atoms with Crippen LogP contribution in [0.25, 0.3) is 0 Å². The van der Waals surface area contributed by atoms with Gasteiger partial charge in [0.05, 0.1) is 6.61 Å². The van der Waals surface area contributed by atoms with E-state index in [0.29, 0.717) is 19.4 Å². The number of rotatable bonds is 52. The highest BCUT2D eigenvalue weighted by atomic mass is 16.5. The summed E-state index contributed by atoms with van der Waals surface area (Å²) in [6, 6.07) is 0. The van der Waals surface area contributed by atoms with Crippen molar-refractivity contribution in [2.24, 2.45) is 0 Å². The first-order chi connectivity index (χ1) is 29.6. The van der Waals surface area contributed by atoms with Crippen LogP contribution in [0, 0.1) is 0 Å². The molecule has 0 bridgehead atoms. The Morgan fingerprint density at radius 1 is 0.283 bits per heavy atom. The molecule has 1 unspecified atom stereocenters. The Morgan fingerprint density at radius 3 is 0.817 bits per heavy atom. The minimum absolute atomic E-state index is 0.00823. The van der Waals surface area contributed by atoms with Gasteiger partial charge in [0.25, 0.3) is 0 Å². The van der Waals surface area contributed by atoms with Gasteiger partial charge in [0.2, 0.25) is 0 Å². The summed E-state index contributed by atoms with van der Waals surface area (Å²) >= 11 is 0. The molecule has 0 aliphatic heterocycles. The van der Waals surface area contributed by atoms with Crippen LogP contribution in [0.4, 0.5) is 0 Å². The lowest BCUT2D eigenvalue weighted by molar-refractivity contribution is -0.150. The van der Waals surface area contributed by atoms with Gasteiger partial charge >= 0.3 is 11.9 Å². The monoisotopic (exact) mass is 847 g/mol. The van der Waals surface area contributed by atoms with Crippen molar-refractivity contribution in [3.8, 4) is 0 Å².